The summed E-state index contributed by atoms with van der Waals surface area (Å²) in [6.45, 7) is 4.75. The summed E-state index contributed by atoms with van der Waals surface area (Å²) in [6, 6.07) is 6.89. The number of anilines is 1. The Morgan fingerprint density at radius 3 is 3.11 bits per heavy atom. The van der Waals surface area contributed by atoms with Crippen LogP contribution in [0.5, 0.6) is 0 Å². The van der Waals surface area contributed by atoms with E-state index in [0.717, 1.165) is 5.52 Å². The van der Waals surface area contributed by atoms with Crippen LogP contribution in [0.25, 0.3) is 10.9 Å². The summed E-state index contributed by atoms with van der Waals surface area (Å²) < 4.78 is 0. The number of nitrogens with one attached hydrogen (secondary N) is 2. The van der Waals surface area contributed by atoms with Gasteiger partial charge in [-0.15, -0.1) is 0 Å². The lowest BCUT2D eigenvalue weighted by atomic mass is 9.75. The summed E-state index contributed by atoms with van der Waals surface area (Å²) in [5.41, 5.74) is 2.79. The van der Waals surface area contributed by atoms with Crippen LogP contribution in [0.1, 0.15) is 39.5 Å². The molecule has 1 aliphatic carbocycles. The fraction of sp³-hybridized carbons (Fsp3) is 0.533. The Morgan fingerprint density at radius 2 is 2.28 bits per heavy atom. The van der Waals surface area contributed by atoms with Crippen LogP contribution in [-0.2, 0) is 0 Å². The van der Waals surface area contributed by atoms with Gasteiger partial charge in [0.15, 0.2) is 0 Å². The number of fused-ring (bicyclic) bond motifs is 1. The molecule has 0 aliphatic heterocycles. The third-order valence-corrected chi connectivity index (χ3v) is 4.05. The molecule has 0 saturated heterocycles. The summed E-state index contributed by atoms with van der Waals surface area (Å²) in [5, 5.41) is 12.0. The van der Waals surface area contributed by atoms with Crippen LogP contribution in [-0.4, -0.2) is 16.2 Å². The first kappa shape index (κ1) is 11.6. The van der Waals surface area contributed by atoms with E-state index in [1.54, 1.807) is 0 Å². The lowest BCUT2D eigenvalue weighted by molar-refractivity contribution is 0.229. The van der Waals surface area contributed by atoms with Gasteiger partial charge in [-0.25, -0.2) is 0 Å². The molecule has 18 heavy (non-hydrogen) atoms. The van der Waals surface area contributed by atoms with E-state index < -0.39 is 0 Å². The third kappa shape index (κ3) is 2.22. The second-order valence-corrected chi connectivity index (χ2v) is 6.24. The predicted molar refractivity (Wildman–Crippen MR) is 75.8 cm³/mol. The quantitative estimate of drug-likeness (QED) is 0.838. The van der Waals surface area contributed by atoms with E-state index in [1.165, 1.54) is 36.8 Å². The molecule has 1 heterocycles. The van der Waals surface area contributed by atoms with Gasteiger partial charge in [0.25, 0.3) is 0 Å². The summed E-state index contributed by atoms with van der Waals surface area (Å²) in [6.07, 6.45) is 7.11. The van der Waals surface area contributed by atoms with E-state index in [1.807, 2.05) is 6.20 Å². The number of benzene rings is 1. The molecule has 3 heteroatoms. The molecule has 0 spiro atoms. The molecule has 1 aliphatic rings. The van der Waals surface area contributed by atoms with Crippen molar-refractivity contribution < 1.29 is 0 Å². The molecule has 3 nitrogen and oxygen atoms in total. The average molecular weight is 243 g/mol. The van der Waals surface area contributed by atoms with Crippen LogP contribution in [0, 0.1) is 5.41 Å². The maximum atomic E-state index is 4.12. The Balaban J connectivity index is 1.82. The van der Waals surface area contributed by atoms with Gasteiger partial charge in [0, 0.05) is 17.1 Å². The molecule has 0 amide bonds. The minimum absolute atomic E-state index is 0.472. The molecule has 1 saturated carbocycles. The Morgan fingerprint density at radius 1 is 1.39 bits per heavy atom. The van der Waals surface area contributed by atoms with Crippen molar-refractivity contribution in [3.63, 3.8) is 0 Å². The van der Waals surface area contributed by atoms with E-state index in [2.05, 4.69) is 47.6 Å². The number of hydrogen-bond donors (Lipinski definition) is 2. The first-order valence-corrected chi connectivity index (χ1v) is 6.83. The zero-order valence-electron chi connectivity index (χ0n) is 11.2. The minimum Gasteiger partial charge on any atom is -0.382 e. The van der Waals surface area contributed by atoms with Crippen molar-refractivity contribution in [2.24, 2.45) is 5.41 Å². The number of aromatic amines is 1. The van der Waals surface area contributed by atoms with E-state index in [4.69, 9.17) is 0 Å². The minimum atomic E-state index is 0.472. The van der Waals surface area contributed by atoms with Gasteiger partial charge >= 0.3 is 0 Å². The highest BCUT2D eigenvalue weighted by molar-refractivity contribution is 5.90. The second-order valence-electron chi connectivity index (χ2n) is 6.24. The molecular formula is C15H21N3. The summed E-state index contributed by atoms with van der Waals surface area (Å²) >= 11 is 0. The van der Waals surface area contributed by atoms with Crippen LogP contribution < -0.4 is 5.32 Å². The SMILES string of the molecule is CC1(C)CCCC(Nc2cccc3[nH]ncc23)C1. The average Bonchev–Trinajstić information content (AvgIpc) is 2.77. The maximum Gasteiger partial charge on any atom is 0.0671 e. The van der Waals surface area contributed by atoms with Crippen molar-refractivity contribution >= 4 is 16.6 Å². The topological polar surface area (TPSA) is 40.7 Å². The molecule has 2 aromatic rings. The zero-order chi connectivity index (χ0) is 12.6. The van der Waals surface area contributed by atoms with E-state index in [-0.39, 0.29) is 0 Å². The summed E-state index contributed by atoms with van der Waals surface area (Å²) in [7, 11) is 0. The third-order valence-electron chi connectivity index (χ3n) is 4.05. The molecule has 1 atom stereocenters. The van der Waals surface area contributed by atoms with E-state index in [9.17, 15) is 0 Å². The van der Waals surface area contributed by atoms with Crippen molar-refractivity contribution in [3.05, 3.63) is 24.4 Å². The van der Waals surface area contributed by atoms with Gasteiger partial charge < -0.3 is 5.32 Å². The first-order chi connectivity index (χ1) is 8.64. The number of rotatable bonds is 2. The van der Waals surface area contributed by atoms with Gasteiger partial charge in [0.1, 0.15) is 0 Å². The Bertz CT molecular complexity index is 541. The highest BCUT2D eigenvalue weighted by Crippen LogP contribution is 2.37. The van der Waals surface area contributed by atoms with Crippen LogP contribution in [0.4, 0.5) is 5.69 Å². The predicted octanol–water partition coefficient (Wildman–Crippen LogP) is 3.94. The molecule has 0 bridgehead atoms. The summed E-state index contributed by atoms with van der Waals surface area (Å²) in [4.78, 5) is 0. The lowest BCUT2D eigenvalue weighted by Gasteiger charge is -2.36. The van der Waals surface area contributed by atoms with Gasteiger partial charge in [-0.2, -0.15) is 5.10 Å². The highest BCUT2D eigenvalue weighted by Gasteiger charge is 2.27. The largest absolute Gasteiger partial charge is 0.382 e. The van der Waals surface area contributed by atoms with E-state index in [0.29, 0.717) is 11.5 Å². The monoisotopic (exact) mass is 243 g/mol. The fourth-order valence-electron chi connectivity index (χ4n) is 3.14. The zero-order valence-corrected chi connectivity index (χ0v) is 11.2. The molecule has 1 aromatic carbocycles. The Hall–Kier alpha value is -1.51. The van der Waals surface area contributed by atoms with Gasteiger partial charge in [-0.1, -0.05) is 26.3 Å². The normalized spacial score (nSPS) is 23.1. The van der Waals surface area contributed by atoms with Crippen molar-refractivity contribution in [1.29, 1.82) is 0 Å². The number of hydrogen-bond acceptors (Lipinski definition) is 2. The molecular weight excluding hydrogens is 222 g/mol. The Kier molecular flexibility index (Phi) is 2.77. The second kappa shape index (κ2) is 4.30. The fourth-order valence-corrected chi connectivity index (χ4v) is 3.14. The molecule has 1 aromatic heterocycles. The molecule has 1 fully saturated rings. The first-order valence-electron chi connectivity index (χ1n) is 6.83. The smallest absolute Gasteiger partial charge is 0.0671 e. The molecule has 1 unspecified atom stereocenters. The summed E-state index contributed by atoms with van der Waals surface area (Å²) in [5.74, 6) is 0. The number of aromatic nitrogens is 2. The van der Waals surface area contributed by atoms with Gasteiger partial charge in [-0.3, -0.25) is 5.10 Å². The van der Waals surface area contributed by atoms with Crippen LogP contribution in [0.15, 0.2) is 24.4 Å². The highest BCUT2D eigenvalue weighted by atomic mass is 15.1. The standard InChI is InChI=1S/C15H21N3/c1-15(2)8-4-5-11(9-15)17-13-6-3-7-14-12(13)10-16-18-14/h3,6-7,10-11,17H,4-5,8-9H2,1-2H3,(H,16,18). The van der Waals surface area contributed by atoms with Gasteiger partial charge in [-0.05, 0) is 36.8 Å². The molecule has 2 N–H and O–H groups in total. The molecule has 0 radical (unpaired) electrons. The van der Waals surface area contributed by atoms with Crippen molar-refractivity contribution in [2.75, 3.05) is 5.32 Å². The lowest BCUT2D eigenvalue weighted by Crippen LogP contribution is -2.31. The van der Waals surface area contributed by atoms with Crippen molar-refractivity contribution in [2.45, 2.75) is 45.6 Å². The Labute approximate surface area is 108 Å². The number of H-pyrrole nitrogens is 1. The maximum absolute atomic E-state index is 4.12. The van der Waals surface area contributed by atoms with Crippen LogP contribution >= 0.6 is 0 Å². The molecule has 3 rings (SSSR count). The van der Waals surface area contributed by atoms with Crippen molar-refractivity contribution in [3.8, 4) is 0 Å². The van der Waals surface area contributed by atoms with E-state index >= 15 is 0 Å². The van der Waals surface area contributed by atoms with Crippen LogP contribution in [0.3, 0.4) is 0 Å². The number of nitrogens with zero attached hydrogens (tertiary/aromatic N) is 1. The van der Waals surface area contributed by atoms with Gasteiger partial charge in [0.05, 0.1) is 11.7 Å². The molecule has 96 valence electrons. The van der Waals surface area contributed by atoms with Crippen molar-refractivity contribution in [1.82, 2.24) is 10.2 Å². The van der Waals surface area contributed by atoms with Gasteiger partial charge in [0.2, 0.25) is 0 Å². The van der Waals surface area contributed by atoms with Crippen LogP contribution in [0.2, 0.25) is 0 Å².